The zero-order chi connectivity index (χ0) is 19.4. The van der Waals surface area contributed by atoms with Gasteiger partial charge in [-0.1, -0.05) is 26.7 Å². The van der Waals surface area contributed by atoms with Crippen LogP contribution in [0.1, 0.15) is 75.5 Å². The van der Waals surface area contributed by atoms with E-state index < -0.39 is 0 Å². The Labute approximate surface area is 164 Å². The number of nitrogens with one attached hydrogen (secondary N) is 1. The zero-order valence-electron chi connectivity index (χ0n) is 17.1. The summed E-state index contributed by atoms with van der Waals surface area (Å²) in [4.78, 5) is 17.5. The van der Waals surface area contributed by atoms with Crippen LogP contribution in [-0.2, 0) is 4.74 Å². The molecule has 2 aromatic heterocycles. The highest BCUT2D eigenvalue weighted by Gasteiger charge is 2.31. The molecule has 0 radical (unpaired) electrons. The highest BCUT2D eigenvalue weighted by Crippen LogP contribution is 2.30. The van der Waals surface area contributed by atoms with Crippen LogP contribution in [0, 0.1) is 19.8 Å². The van der Waals surface area contributed by atoms with Crippen molar-refractivity contribution in [2.45, 2.75) is 78.4 Å². The van der Waals surface area contributed by atoms with Gasteiger partial charge >= 0.3 is 0 Å². The van der Waals surface area contributed by atoms with Gasteiger partial charge < -0.3 is 14.5 Å². The van der Waals surface area contributed by atoms with E-state index in [1.54, 1.807) is 0 Å². The minimum absolute atomic E-state index is 0. The molecule has 0 aliphatic heterocycles. The topological polar surface area (TPSA) is 55.6 Å². The second-order valence-corrected chi connectivity index (χ2v) is 7.88. The zero-order valence-corrected chi connectivity index (χ0v) is 17.1. The van der Waals surface area contributed by atoms with Gasteiger partial charge in [-0.2, -0.15) is 0 Å². The summed E-state index contributed by atoms with van der Waals surface area (Å²) in [5.41, 5.74) is 3.43. The highest BCUT2D eigenvalue weighted by molar-refractivity contribution is 6.00. The SMILES string of the molecule is CCCCO[C@@H]1CC[C@@H](NC(=O)c2ccn3c(C)cc(C)nc23)C[C@@H]1CC.[HH]. The van der Waals surface area contributed by atoms with Gasteiger partial charge in [0.15, 0.2) is 0 Å². The highest BCUT2D eigenvalue weighted by atomic mass is 16.5. The fourth-order valence-corrected chi connectivity index (χ4v) is 4.23. The summed E-state index contributed by atoms with van der Waals surface area (Å²) < 4.78 is 8.09. The lowest BCUT2D eigenvalue weighted by Crippen LogP contribution is -2.43. The molecule has 2 aromatic rings. The predicted molar refractivity (Wildman–Crippen MR) is 110 cm³/mol. The summed E-state index contributed by atoms with van der Waals surface area (Å²) in [6.07, 6.45) is 8.67. The number of nitrogens with zero attached hydrogens (tertiary/aromatic N) is 2. The minimum Gasteiger partial charge on any atom is -0.378 e. The van der Waals surface area contributed by atoms with Crippen molar-refractivity contribution in [1.82, 2.24) is 14.7 Å². The van der Waals surface area contributed by atoms with E-state index in [2.05, 4.69) is 24.1 Å². The second kappa shape index (κ2) is 8.87. The molecule has 3 atom stereocenters. The molecule has 27 heavy (non-hydrogen) atoms. The average molecular weight is 374 g/mol. The quantitative estimate of drug-likeness (QED) is 0.716. The van der Waals surface area contributed by atoms with Crippen LogP contribution < -0.4 is 5.32 Å². The number of fused-ring (bicyclic) bond motifs is 1. The maximum Gasteiger partial charge on any atom is 0.255 e. The Morgan fingerprint density at radius 3 is 2.93 bits per heavy atom. The Morgan fingerprint density at radius 2 is 2.19 bits per heavy atom. The molecule has 0 bridgehead atoms. The lowest BCUT2D eigenvalue weighted by molar-refractivity contribution is -0.0194. The molecule has 1 N–H and O–H groups in total. The third kappa shape index (κ3) is 4.52. The molecule has 0 aromatic carbocycles. The summed E-state index contributed by atoms with van der Waals surface area (Å²) in [5.74, 6) is 0.509. The molecular formula is C22H35N3O2. The van der Waals surface area contributed by atoms with Crippen LogP contribution in [0.5, 0.6) is 0 Å². The van der Waals surface area contributed by atoms with Gasteiger partial charge in [-0.05, 0) is 57.6 Å². The molecule has 0 saturated heterocycles. The van der Waals surface area contributed by atoms with Crippen LogP contribution in [-0.4, -0.2) is 34.0 Å². The minimum atomic E-state index is -0.0137. The van der Waals surface area contributed by atoms with Crippen LogP contribution in [0.25, 0.3) is 5.65 Å². The van der Waals surface area contributed by atoms with Gasteiger partial charge in [0, 0.05) is 31.7 Å². The molecule has 5 heteroatoms. The summed E-state index contributed by atoms with van der Waals surface area (Å²) in [6.45, 7) is 9.27. The molecule has 3 rings (SSSR count). The number of unbranched alkanes of at least 4 members (excludes halogenated alkanes) is 1. The van der Waals surface area contributed by atoms with Crippen molar-refractivity contribution >= 4 is 11.6 Å². The van der Waals surface area contributed by atoms with E-state index in [0.717, 1.165) is 55.7 Å². The number of aryl methyl sites for hydroxylation is 2. The molecule has 5 nitrogen and oxygen atoms in total. The molecule has 150 valence electrons. The summed E-state index contributed by atoms with van der Waals surface area (Å²) in [7, 11) is 0. The maximum absolute atomic E-state index is 12.9. The first kappa shape index (κ1) is 19.9. The fourth-order valence-electron chi connectivity index (χ4n) is 4.23. The van der Waals surface area contributed by atoms with E-state index in [9.17, 15) is 4.79 Å². The number of carbonyl (C=O) groups is 1. The number of hydrogen-bond donors (Lipinski definition) is 1. The van der Waals surface area contributed by atoms with Crippen molar-refractivity contribution in [1.29, 1.82) is 0 Å². The number of ether oxygens (including phenoxy) is 1. The maximum atomic E-state index is 12.9. The Bertz CT molecular complexity index is 789. The third-order valence-electron chi connectivity index (χ3n) is 5.79. The van der Waals surface area contributed by atoms with Crippen molar-refractivity contribution in [2.75, 3.05) is 6.61 Å². The van der Waals surface area contributed by atoms with E-state index in [-0.39, 0.29) is 13.4 Å². The van der Waals surface area contributed by atoms with Crippen molar-refractivity contribution in [3.63, 3.8) is 0 Å². The van der Waals surface area contributed by atoms with Gasteiger partial charge in [-0.15, -0.1) is 0 Å². The van der Waals surface area contributed by atoms with Gasteiger partial charge in [0.05, 0.1) is 11.7 Å². The number of rotatable bonds is 7. The Kier molecular flexibility index (Phi) is 6.53. The Hall–Kier alpha value is -1.88. The first-order valence-corrected chi connectivity index (χ1v) is 10.4. The van der Waals surface area contributed by atoms with E-state index in [1.807, 2.05) is 36.6 Å². The smallest absolute Gasteiger partial charge is 0.255 e. The van der Waals surface area contributed by atoms with Crippen LogP contribution in [0.2, 0.25) is 0 Å². The van der Waals surface area contributed by atoms with Crippen molar-refractivity contribution in [3.8, 4) is 0 Å². The predicted octanol–water partition coefficient (Wildman–Crippen LogP) is 4.69. The van der Waals surface area contributed by atoms with E-state index in [0.29, 0.717) is 17.6 Å². The Balaban J connectivity index is 0.00000280. The van der Waals surface area contributed by atoms with Crippen molar-refractivity contribution < 1.29 is 11.0 Å². The third-order valence-corrected chi connectivity index (χ3v) is 5.79. The van der Waals surface area contributed by atoms with E-state index in [4.69, 9.17) is 4.74 Å². The van der Waals surface area contributed by atoms with Gasteiger partial charge in [0.2, 0.25) is 0 Å². The summed E-state index contributed by atoms with van der Waals surface area (Å²) in [6, 6.07) is 4.12. The molecule has 1 aliphatic rings. The summed E-state index contributed by atoms with van der Waals surface area (Å²) in [5, 5.41) is 3.26. The van der Waals surface area contributed by atoms with Crippen LogP contribution >= 0.6 is 0 Å². The molecule has 1 fully saturated rings. The van der Waals surface area contributed by atoms with E-state index >= 15 is 0 Å². The molecular weight excluding hydrogens is 338 g/mol. The normalized spacial score (nSPS) is 22.9. The van der Waals surface area contributed by atoms with Crippen LogP contribution in [0.15, 0.2) is 18.3 Å². The number of amides is 1. The molecule has 2 heterocycles. The van der Waals surface area contributed by atoms with Gasteiger partial charge in [0.1, 0.15) is 5.65 Å². The molecule has 1 amide bonds. The van der Waals surface area contributed by atoms with Crippen molar-refractivity contribution in [3.05, 3.63) is 35.3 Å². The first-order chi connectivity index (χ1) is 13.0. The molecule has 0 spiro atoms. The summed E-state index contributed by atoms with van der Waals surface area (Å²) >= 11 is 0. The van der Waals surface area contributed by atoms with E-state index in [1.165, 1.54) is 6.42 Å². The first-order valence-electron chi connectivity index (χ1n) is 10.4. The van der Waals surface area contributed by atoms with Gasteiger partial charge in [0.25, 0.3) is 5.91 Å². The fraction of sp³-hybridized carbons (Fsp3) is 0.636. The molecule has 0 unspecified atom stereocenters. The standard InChI is InChI=1S/C22H33N3O2.H2/c1-5-7-12-27-20-9-8-18(14-17(20)6-2)24-22(26)19-10-11-25-16(4)13-15(3)23-21(19)25;/h10-11,13,17-18,20H,5-9,12,14H2,1-4H3,(H,24,26);1H/t17-,18+,20+;/m0./s1. The lowest BCUT2D eigenvalue weighted by Gasteiger charge is -2.36. The van der Waals surface area contributed by atoms with Gasteiger partial charge in [-0.3, -0.25) is 4.79 Å². The van der Waals surface area contributed by atoms with Crippen LogP contribution in [0.3, 0.4) is 0 Å². The monoisotopic (exact) mass is 373 g/mol. The van der Waals surface area contributed by atoms with Crippen LogP contribution in [0.4, 0.5) is 0 Å². The molecule has 1 aliphatic carbocycles. The Morgan fingerprint density at radius 1 is 1.37 bits per heavy atom. The lowest BCUT2D eigenvalue weighted by atomic mass is 9.81. The van der Waals surface area contributed by atoms with Crippen molar-refractivity contribution in [2.24, 2.45) is 5.92 Å². The second-order valence-electron chi connectivity index (χ2n) is 7.88. The molecule has 1 saturated carbocycles. The largest absolute Gasteiger partial charge is 0.378 e. The number of aromatic nitrogens is 2. The number of carbonyl (C=O) groups excluding carboxylic acids is 1. The number of hydrogen-bond acceptors (Lipinski definition) is 3. The average Bonchev–Trinajstić information content (AvgIpc) is 3.07. The van der Waals surface area contributed by atoms with Gasteiger partial charge in [-0.25, -0.2) is 4.98 Å².